The molecule has 0 bridgehead atoms. The molecule has 0 aliphatic carbocycles. The van der Waals surface area contributed by atoms with Crippen molar-refractivity contribution in [3.63, 3.8) is 0 Å². The highest BCUT2D eigenvalue weighted by molar-refractivity contribution is 6.99. The Morgan fingerprint density at radius 2 is 2.05 bits per heavy atom. The largest absolute Gasteiger partial charge is 0.302 e. The van der Waals surface area contributed by atoms with Crippen LogP contribution in [0.1, 0.15) is 57.3 Å². The number of hydrogen-bond acceptors (Lipinski definition) is 4. The Morgan fingerprint density at radius 3 is 2.84 bits per heavy atom. The van der Waals surface area contributed by atoms with Gasteiger partial charge in [0.2, 0.25) is 0 Å². The second-order valence-electron chi connectivity index (χ2n) is 5.62. The fourth-order valence-electron chi connectivity index (χ4n) is 2.59. The maximum Gasteiger partial charge on any atom is 0.105 e. The van der Waals surface area contributed by atoms with Gasteiger partial charge in [0.25, 0.3) is 0 Å². The van der Waals surface area contributed by atoms with Crippen molar-refractivity contribution in [2.45, 2.75) is 52.4 Å². The SMILES string of the molecule is CCCCCCc1nsnc1C1=C(C)CCN(C)C1. The van der Waals surface area contributed by atoms with Crippen LogP contribution in [-0.2, 0) is 6.42 Å². The Bertz CT molecular complexity index is 436. The summed E-state index contributed by atoms with van der Waals surface area (Å²) in [5, 5.41) is 0. The van der Waals surface area contributed by atoms with Gasteiger partial charge >= 0.3 is 0 Å². The molecule has 1 aliphatic rings. The number of nitrogens with zero attached hydrogens (tertiary/aromatic N) is 3. The van der Waals surface area contributed by atoms with Crippen molar-refractivity contribution < 1.29 is 0 Å². The lowest BCUT2D eigenvalue weighted by atomic mass is 9.97. The monoisotopic (exact) mass is 279 g/mol. The van der Waals surface area contributed by atoms with Gasteiger partial charge in [-0.1, -0.05) is 31.8 Å². The fourth-order valence-corrected chi connectivity index (χ4v) is 3.20. The molecule has 0 unspecified atom stereocenters. The molecule has 1 aromatic heterocycles. The first kappa shape index (κ1) is 14.7. The molecular weight excluding hydrogens is 254 g/mol. The maximum absolute atomic E-state index is 4.57. The lowest BCUT2D eigenvalue weighted by molar-refractivity contribution is 0.366. The molecule has 106 valence electrons. The first-order chi connectivity index (χ1) is 9.22. The van der Waals surface area contributed by atoms with Crippen LogP contribution < -0.4 is 0 Å². The van der Waals surface area contributed by atoms with Gasteiger partial charge in [-0.05, 0) is 38.8 Å². The van der Waals surface area contributed by atoms with E-state index in [1.807, 2.05) is 0 Å². The van der Waals surface area contributed by atoms with E-state index in [0.717, 1.165) is 13.0 Å². The molecule has 0 spiro atoms. The molecule has 0 fully saturated rings. The normalized spacial score (nSPS) is 17.2. The predicted molar refractivity (Wildman–Crippen MR) is 82.5 cm³/mol. The summed E-state index contributed by atoms with van der Waals surface area (Å²) in [6.45, 7) is 6.70. The third-order valence-electron chi connectivity index (χ3n) is 3.92. The number of aryl methyl sites for hydroxylation is 1. The zero-order valence-electron chi connectivity index (χ0n) is 12.4. The quantitative estimate of drug-likeness (QED) is 0.742. The van der Waals surface area contributed by atoms with E-state index in [-0.39, 0.29) is 0 Å². The summed E-state index contributed by atoms with van der Waals surface area (Å²) in [5.74, 6) is 0. The van der Waals surface area contributed by atoms with E-state index in [1.54, 1.807) is 0 Å². The molecule has 0 radical (unpaired) electrons. The Balaban J connectivity index is 2.06. The van der Waals surface area contributed by atoms with Crippen LogP contribution in [0.15, 0.2) is 5.57 Å². The fraction of sp³-hybridized carbons (Fsp3) is 0.733. The number of unbranched alkanes of at least 4 members (excludes halogenated alkanes) is 3. The smallest absolute Gasteiger partial charge is 0.105 e. The van der Waals surface area contributed by atoms with Crippen LogP contribution in [0.5, 0.6) is 0 Å². The van der Waals surface area contributed by atoms with Crippen molar-refractivity contribution in [3.8, 4) is 0 Å². The van der Waals surface area contributed by atoms with Crippen molar-refractivity contribution in [2.24, 2.45) is 0 Å². The first-order valence-corrected chi connectivity index (χ1v) is 8.14. The summed E-state index contributed by atoms with van der Waals surface area (Å²) in [7, 11) is 2.19. The highest BCUT2D eigenvalue weighted by Crippen LogP contribution is 2.27. The summed E-state index contributed by atoms with van der Waals surface area (Å²) >= 11 is 1.37. The van der Waals surface area contributed by atoms with Gasteiger partial charge in [0, 0.05) is 13.1 Å². The van der Waals surface area contributed by atoms with Crippen molar-refractivity contribution in [1.82, 2.24) is 13.6 Å². The molecule has 19 heavy (non-hydrogen) atoms. The molecule has 1 aromatic rings. The molecular formula is C15H25N3S. The van der Waals surface area contributed by atoms with Crippen LogP contribution in [0, 0.1) is 0 Å². The summed E-state index contributed by atoms with van der Waals surface area (Å²) in [6.07, 6.45) is 7.43. The standard InChI is InChI=1S/C15H25N3S/c1-4-5-6-7-8-14-15(17-19-16-14)13-11-18(3)10-9-12(13)2/h4-11H2,1-3H3. The first-order valence-electron chi connectivity index (χ1n) is 7.41. The van der Waals surface area contributed by atoms with Gasteiger partial charge in [0.1, 0.15) is 5.69 Å². The van der Waals surface area contributed by atoms with E-state index >= 15 is 0 Å². The van der Waals surface area contributed by atoms with Crippen LogP contribution >= 0.6 is 11.7 Å². The molecule has 0 saturated heterocycles. The Kier molecular flexibility index (Phi) is 5.52. The highest BCUT2D eigenvalue weighted by Gasteiger charge is 2.20. The van der Waals surface area contributed by atoms with Gasteiger partial charge in [-0.25, -0.2) is 0 Å². The Labute approximate surface area is 121 Å². The molecule has 0 atom stereocenters. The third kappa shape index (κ3) is 3.86. The average Bonchev–Trinajstić information content (AvgIpc) is 2.86. The maximum atomic E-state index is 4.57. The second-order valence-corrected chi connectivity index (χ2v) is 6.15. The van der Waals surface area contributed by atoms with E-state index in [1.165, 1.54) is 72.9 Å². The molecule has 1 aliphatic heterocycles. The van der Waals surface area contributed by atoms with Gasteiger partial charge in [-0.15, -0.1) is 0 Å². The highest BCUT2D eigenvalue weighted by atomic mass is 32.1. The lowest BCUT2D eigenvalue weighted by Crippen LogP contribution is -2.27. The third-order valence-corrected chi connectivity index (χ3v) is 4.49. The predicted octanol–water partition coefficient (Wildman–Crippen LogP) is 3.77. The van der Waals surface area contributed by atoms with Crippen LogP contribution in [0.2, 0.25) is 0 Å². The van der Waals surface area contributed by atoms with E-state index in [2.05, 4.69) is 34.5 Å². The van der Waals surface area contributed by atoms with Gasteiger partial charge < -0.3 is 4.90 Å². The van der Waals surface area contributed by atoms with Gasteiger partial charge in [-0.3, -0.25) is 0 Å². The molecule has 3 nitrogen and oxygen atoms in total. The number of hydrogen-bond donors (Lipinski definition) is 0. The number of likely N-dealkylation sites (N-methyl/N-ethyl adjacent to an activating group) is 1. The molecule has 2 rings (SSSR count). The molecule has 0 N–H and O–H groups in total. The summed E-state index contributed by atoms with van der Waals surface area (Å²) < 4.78 is 9.10. The van der Waals surface area contributed by atoms with Crippen LogP contribution in [0.25, 0.3) is 5.57 Å². The zero-order chi connectivity index (χ0) is 13.7. The molecule has 4 heteroatoms. The topological polar surface area (TPSA) is 29.0 Å². The van der Waals surface area contributed by atoms with Crippen LogP contribution in [0.3, 0.4) is 0 Å². The summed E-state index contributed by atoms with van der Waals surface area (Å²) in [6, 6.07) is 0. The minimum Gasteiger partial charge on any atom is -0.302 e. The number of rotatable bonds is 6. The number of aromatic nitrogens is 2. The minimum atomic E-state index is 1.03. The molecule has 2 heterocycles. The van der Waals surface area contributed by atoms with E-state index in [9.17, 15) is 0 Å². The lowest BCUT2D eigenvalue weighted by Gasteiger charge is -2.25. The minimum absolute atomic E-state index is 1.03. The van der Waals surface area contributed by atoms with Crippen LogP contribution in [-0.4, -0.2) is 33.8 Å². The van der Waals surface area contributed by atoms with Gasteiger partial charge in [0.15, 0.2) is 0 Å². The molecule has 0 saturated carbocycles. The van der Waals surface area contributed by atoms with Crippen molar-refractivity contribution in [3.05, 3.63) is 17.0 Å². The summed E-state index contributed by atoms with van der Waals surface area (Å²) in [4.78, 5) is 2.38. The van der Waals surface area contributed by atoms with E-state index in [0.29, 0.717) is 0 Å². The zero-order valence-corrected chi connectivity index (χ0v) is 13.2. The Hall–Kier alpha value is -0.740. The van der Waals surface area contributed by atoms with Crippen molar-refractivity contribution >= 4 is 17.3 Å². The van der Waals surface area contributed by atoms with Crippen molar-refractivity contribution in [1.29, 1.82) is 0 Å². The average molecular weight is 279 g/mol. The van der Waals surface area contributed by atoms with Gasteiger partial charge in [-0.2, -0.15) is 8.75 Å². The van der Waals surface area contributed by atoms with Crippen molar-refractivity contribution in [2.75, 3.05) is 20.1 Å². The van der Waals surface area contributed by atoms with Crippen LogP contribution in [0.4, 0.5) is 0 Å². The molecule has 0 aromatic carbocycles. The van der Waals surface area contributed by atoms with E-state index < -0.39 is 0 Å². The molecule has 0 amide bonds. The second kappa shape index (κ2) is 7.15. The Morgan fingerprint density at radius 1 is 1.21 bits per heavy atom. The summed E-state index contributed by atoms with van der Waals surface area (Å²) in [5.41, 5.74) is 5.34. The van der Waals surface area contributed by atoms with Gasteiger partial charge in [0.05, 0.1) is 17.4 Å². The van der Waals surface area contributed by atoms with E-state index in [4.69, 9.17) is 0 Å².